The number of nitrogens with one attached hydrogen (secondary N) is 3. The summed E-state index contributed by atoms with van der Waals surface area (Å²) in [6.07, 6.45) is 0. The highest BCUT2D eigenvalue weighted by atomic mass is 16.5. The third-order valence-electron chi connectivity index (χ3n) is 2.57. The van der Waals surface area contributed by atoms with Crippen molar-refractivity contribution in [3.63, 3.8) is 0 Å². The van der Waals surface area contributed by atoms with Crippen molar-refractivity contribution in [3.8, 4) is 0 Å². The maximum Gasteiger partial charge on any atom is 0.354 e. The van der Waals surface area contributed by atoms with E-state index in [0.717, 1.165) is 5.69 Å². The number of methoxy groups -OCH3 is 1. The zero-order chi connectivity index (χ0) is 14.4. The maximum atomic E-state index is 11.7. The minimum atomic E-state index is -0.406. The molecular formula is C13H21N3O3. The van der Waals surface area contributed by atoms with Gasteiger partial charge in [-0.1, -0.05) is 0 Å². The summed E-state index contributed by atoms with van der Waals surface area (Å²) in [5.74, 6) is -0.452. The third-order valence-corrected chi connectivity index (χ3v) is 2.57. The SMILES string of the molecule is COC(=O)c1ccc(CNC(C)C(=O)NC(C)C)[nH]1. The molecule has 0 aromatic carbocycles. The van der Waals surface area contributed by atoms with Crippen LogP contribution in [0.15, 0.2) is 12.1 Å². The molecule has 0 aliphatic carbocycles. The van der Waals surface area contributed by atoms with E-state index < -0.39 is 5.97 Å². The predicted octanol–water partition coefficient (Wildman–Crippen LogP) is 0.804. The van der Waals surface area contributed by atoms with Gasteiger partial charge >= 0.3 is 5.97 Å². The molecule has 0 aliphatic rings. The highest BCUT2D eigenvalue weighted by Gasteiger charge is 2.13. The van der Waals surface area contributed by atoms with Crippen LogP contribution in [0.2, 0.25) is 0 Å². The van der Waals surface area contributed by atoms with Gasteiger partial charge in [0.15, 0.2) is 0 Å². The van der Waals surface area contributed by atoms with Gasteiger partial charge in [0.25, 0.3) is 0 Å². The Bertz CT molecular complexity index is 440. The Morgan fingerprint density at radius 1 is 1.32 bits per heavy atom. The second-order valence-electron chi connectivity index (χ2n) is 4.65. The molecule has 106 valence electrons. The maximum absolute atomic E-state index is 11.7. The number of H-pyrrole nitrogens is 1. The van der Waals surface area contributed by atoms with Crippen molar-refractivity contribution in [3.05, 3.63) is 23.5 Å². The Kier molecular flexibility index (Phi) is 5.57. The summed E-state index contributed by atoms with van der Waals surface area (Å²) < 4.78 is 4.60. The lowest BCUT2D eigenvalue weighted by Crippen LogP contribution is -2.44. The van der Waals surface area contributed by atoms with E-state index in [4.69, 9.17) is 0 Å². The molecule has 0 radical (unpaired) electrons. The molecule has 0 saturated carbocycles. The van der Waals surface area contributed by atoms with E-state index >= 15 is 0 Å². The zero-order valence-electron chi connectivity index (χ0n) is 11.7. The topological polar surface area (TPSA) is 83.2 Å². The van der Waals surface area contributed by atoms with Crippen LogP contribution in [0.1, 0.15) is 37.0 Å². The first-order chi connectivity index (χ1) is 8.93. The Hall–Kier alpha value is -1.82. The first-order valence-electron chi connectivity index (χ1n) is 6.24. The van der Waals surface area contributed by atoms with Crippen molar-refractivity contribution in [2.45, 2.75) is 39.4 Å². The lowest BCUT2D eigenvalue weighted by Gasteiger charge is -2.15. The highest BCUT2D eigenvalue weighted by Crippen LogP contribution is 2.03. The first kappa shape index (κ1) is 15.2. The van der Waals surface area contributed by atoms with E-state index in [-0.39, 0.29) is 18.0 Å². The summed E-state index contributed by atoms with van der Waals surface area (Å²) >= 11 is 0. The number of esters is 1. The van der Waals surface area contributed by atoms with Crippen molar-refractivity contribution in [1.29, 1.82) is 0 Å². The summed E-state index contributed by atoms with van der Waals surface area (Å²) in [6.45, 7) is 6.10. The molecule has 1 aromatic rings. The van der Waals surface area contributed by atoms with E-state index in [1.165, 1.54) is 7.11 Å². The van der Waals surface area contributed by atoms with Gasteiger partial charge in [0.05, 0.1) is 13.2 Å². The van der Waals surface area contributed by atoms with Gasteiger partial charge in [0, 0.05) is 18.3 Å². The molecule has 1 unspecified atom stereocenters. The normalized spacial score (nSPS) is 12.3. The number of aromatic amines is 1. The van der Waals surface area contributed by atoms with E-state index in [0.29, 0.717) is 12.2 Å². The van der Waals surface area contributed by atoms with E-state index in [2.05, 4.69) is 20.4 Å². The third kappa shape index (κ3) is 4.75. The largest absolute Gasteiger partial charge is 0.464 e. The number of amides is 1. The Balaban J connectivity index is 2.46. The van der Waals surface area contributed by atoms with E-state index in [1.54, 1.807) is 19.1 Å². The Morgan fingerprint density at radius 2 is 2.00 bits per heavy atom. The van der Waals surface area contributed by atoms with Gasteiger partial charge in [0.2, 0.25) is 5.91 Å². The molecule has 1 amide bonds. The fourth-order valence-electron chi connectivity index (χ4n) is 1.54. The average molecular weight is 267 g/mol. The van der Waals surface area contributed by atoms with Crippen molar-refractivity contribution in [2.75, 3.05) is 7.11 Å². The molecule has 0 saturated heterocycles. The molecule has 19 heavy (non-hydrogen) atoms. The predicted molar refractivity (Wildman–Crippen MR) is 71.7 cm³/mol. The van der Waals surface area contributed by atoms with Crippen molar-refractivity contribution < 1.29 is 14.3 Å². The van der Waals surface area contributed by atoms with Crippen molar-refractivity contribution in [1.82, 2.24) is 15.6 Å². The van der Waals surface area contributed by atoms with Gasteiger partial charge in [-0.25, -0.2) is 4.79 Å². The average Bonchev–Trinajstić information content (AvgIpc) is 2.82. The minimum absolute atomic E-state index is 0.0465. The number of rotatable bonds is 6. The Labute approximate surface area is 112 Å². The molecule has 3 N–H and O–H groups in total. The van der Waals surface area contributed by atoms with Crippen LogP contribution < -0.4 is 10.6 Å². The molecule has 1 heterocycles. The smallest absolute Gasteiger partial charge is 0.354 e. The summed E-state index contributed by atoms with van der Waals surface area (Å²) in [5.41, 5.74) is 1.23. The molecule has 6 heteroatoms. The number of aromatic nitrogens is 1. The van der Waals surface area contributed by atoms with Gasteiger partial charge < -0.3 is 20.4 Å². The number of carbonyl (C=O) groups is 2. The number of hydrogen-bond donors (Lipinski definition) is 3. The van der Waals surface area contributed by atoms with E-state index in [9.17, 15) is 9.59 Å². The summed E-state index contributed by atoms with van der Waals surface area (Å²) in [4.78, 5) is 25.9. The summed E-state index contributed by atoms with van der Waals surface area (Å²) in [5, 5.41) is 5.90. The second kappa shape index (κ2) is 6.94. The quantitative estimate of drug-likeness (QED) is 0.666. The fraction of sp³-hybridized carbons (Fsp3) is 0.538. The lowest BCUT2D eigenvalue weighted by molar-refractivity contribution is -0.123. The molecule has 6 nitrogen and oxygen atoms in total. The van der Waals surface area contributed by atoms with Crippen LogP contribution in [0.4, 0.5) is 0 Å². The molecule has 1 aromatic heterocycles. The lowest BCUT2D eigenvalue weighted by atomic mass is 10.2. The molecule has 0 aliphatic heterocycles. The number of ether oxygens (including phenoxy) is 1. The van der Waals surface area contributed by atoms with Crippen LogP contribution >= 0.6 is 0 Å². The second-order valence-corrected chi connectivity index (χ2v) is 4.65. The zero-order valence-corrected chi connectivity index (χ0v) is 11.7. The van der Waals surface area contributed by atoms with Gasteiger partial charge in [-0.05, 0) is 32.9 Å². The molecule has 0 spiro atoms. The monoisotopic (exact) mass is 267 g/mol. The molecule has 0 fully saturated rings. The van der Waals surface area contributed by atoms with Crippen LogP contribution in [-0.2, 0) is 16.1 Å². The first-order valence-corrected chi connectivity index (χ1v) is 6.24. The van der Waals surface area contributed by atoms with Crippen LogP contribution in [0.3, 0.4) is 0 Å². The number of hydrogen-bond acceptors (Lipinski definition) is 4. The van der Waals surface area contributed by atoms with Gasteiger partial charge in [0.1, 0.15) is 5.69 Å². The number of carbonyl (C=O) groups excluding carboxylic acids is 2. The van der Waals surface area contributed by atoms with Crippen LogP contribution in [0.25, 0.3) is 0 Å². The highest BCUT2D eigenvalue weighted by molar-refractivity contribution is 5.87. The fourth-order valence-corrected chi connectivity index (χ4v) is 1.54. The molecular weight excluding hydrogens is 246 g/mol. The van der Waals surface area contributed by atoms with Crippen molar-refractivity contribution >= 4 is 11.9 Å². The minimum Gasteiger partial charge on any atom is -0.464 e. The van der Waals surface area contributed by atoms with Crippen LogP contribution in [-0.4, -0.2) is 36.1 Å². The van der Waals surface area contributed by atoms with Gasteiger partial charge in [-0.15, -0.1) is 0 Å². The standard InChI is InChI=1S/C13H21N3O3/c1-8(2)15-12(17)9(3)14-7-10-5-6-11(16-10)13(18)19-4/h5-6,8-9,14,16H,7H2,1-4H3,(H,15,17). The molecule has 0 bridgehead atoms. The van der Waals surface area contributed by atoms with Crippen LogP contribution in [0.5, 0.6) is 0 Å². The summed E-state index contributed by atoms with van der Waals surface area (Å²) in [6, 6.07) is 3.26. The molecule has 1 rings (SSSR count). The Morgan fingerprint density at radius 3 is 2.58 bits per heavy atom. The molecule has 1 atom stereocenters. The van der Waals surface area contributed by atoms with E-state index in [1.807, 2.05) is 13.8 Å². The van der Waals surface area contributed by atoms with Crippen LogP contribution in [0, 0.1) is 0 Å². The van der Waals surface area contributed by atoms with Gasteiger partial charge in [-0.2, -0.15) is 0 Å². The van der Waals surface area contributed by atoms with Gasteiger partial charge in [-0.3, -0.25) is 4.79 Å². The summed E-state index contributed by atoms with van der Waals surface area (Å²) in [7, 11) is 1.33. The van der Waals surface area contributed by atoms with Crippen molar-refractivity contribution in [2.24, 2.45) is 0 Å².